The quantitative estimate of drug-likeness (QED) is 0.587. The maximum atomic E-state index is 12.7. The number of nitrogens with zero attached hydrogens (tertiary/aromatic N) is 4. The van der Waals surface area contributed by atoms with Crippen LogP contribution in [0.15, 0.2) is 36.7 Å². The van der Waals surface area contributed by atoms with Crippen LogP contribution >= 0.6 is 0 Å². The number of aromatic nitrogens is 2. The number of amides is 1. The Kier molecular flexibility index (Phi) is 7.64. The minimum atomic E-state index is -0.822. The molecule has 1 aromatic carbocycles. The highest BCUT2D eigenvalue weighted by Crippen LogP contribution is 2.28. The molecule has 2 heterocycles. The summed E-state index contributed by atoms with van der Waals surface area (Å²) in [7, 11) is 3.14. The Hall–Kier alpha value is -3.36. The Labute approximate surface area is 181 Å². The lowest BCUT2D eigenvalue weighted by atomic mass is 10.1. The van der Waals surface area contributed by atoms with Crippen molar-refractivity contribution in [3.8, 4) is 11.5 Å². The predicted molar refractivity (Wildman–Crippen MR) is 114 cm³/mol. The van der Waals surface area contributed by atoms with Crippen LogP contribution in [0.4, 0.5) is 5.95 Å². The van der Waals surface area contributed by atoms with Crippen molar-refractivity contribution in [2.45, 2.75) is 25.9 Å². The maximum absolute atomic E-state index is 12.7. The summed E-state index contributed by atoms with van der Waals surface area (Å²) < 4.78 is 15.9. The van der Waals surface area contributed by atoms with E-state index >= 15 is 0 Å². The molecule has 1 fully saturated rings. The number of hydrogen-bond acceptors (Lipinski definition) is 8. The molecule has 1 aromatic heterocycles. The molecule has 0 radical (unpaired) electrons. The van der Waals surface area contributed by atoms with E-state index < -0.39 is 12.1 Å². The third kappa shape index (κ3) is 5.84. The zero-order valence-corrected chi connectivity index (χ0v) is 18.1. The summed E-state index contributed by atoms with van der Waals surface area (Å²) in [5.41, 5.74) is 0.924. The first kappa shape index (κ1) is 22.3. The standard InChI is InChI=1S/C22H28N4O5/c1-16(21(28)25-11-13-26(14-12-25)22-23-9-4-10-24-22)31-20(27)8-6-17-5-7-18(29-2)19(15-17)30-3/h4-5,7,9-10,15-16H,6,8,11-14H2,1-3H3. The number of carbonyl (C=O) groups excluding carboxylic acids is 2. The molecule has 2 aromatic rings. The van der Waals surface area contributed by atoms with E-state index in [9.17, 15) is 9.59 Å². The third-order valence-corrected chi connectivity index (χ3v) is 5.15. The van der Waals surface area contributed by atoms with Crippen molar-refractivity contribution >= 4 is 17.8 Å². The fraction of sp³-hybridized carbons (Fsp3) is 0.455. The van der Waals surface area contributed by atoms with E-state index in [0.29, 0.717) is 50.0 Å². The van der Waals surface area contributed by atoms with E-state index in [1.165, 1.54) is 0 Å². The molecule has 166 valence electrons. The second-order valence-electron chi connectivity index (χ2n) is 7.18. The molecule has 1 unspecified atom stereocenters. The first-order chi connectivity index (χ1) is 15.0. The van der Waals surface area contributed by atoms with Gasteiger partial charge in [-0.15, -0.1) is 0 Å². The number of benzene rings is 1. The summed E-state index contributed by atoms with van der Waals surface area (Å²) in [6, 6.07) is 7.27. The average Bonchev–Trinajstić information content (AvgIpc) is 2.82. The van der Waals surface area contributed by atoms with Gasteiger partial charge in [0.1, 0.15) is 0 Å². The van der Waals surface area contributed by atoms with Crippen molar-refractivity contribution in [2.75, 3.05) is 45.3 Å². The summed E-state index contributed by atoms with van der Waals surface area (Å²) >= 11 is 0. The van der Waals surface area contributed by atoms with Crippen LogP contribution in [-0.4, -0.2) is 73.2 Å². The Morgan fingerprint density at radius 2 is 1.71 bits per heavy atom. The highest BCUT2D eigenvalue weighted by Gasteiger charge is 2.27. The number of esters is 1. The summed E-state index contributed by atoms with van der Waals surface area (Å²) in [4.78, 5) is 37.2. The lowest BCUT2D eigenvalue weighted by Gasteiger charge is -2.35. The van der Waals surface area contributed by atoms with Gasteiger partial charge in [0.2, 0.25) is 5.95 Å². The van der Waals surface area contributed by atoms with E-state index in [0.717, 1.165) is 5.56 Å². The molecular weight excluding hydrogens is 400 g/mol. The lowest BCUT2D eigenvalue weighted by Crippen LogP contribution is -2.52. The first-order valence-electron chi connectivity index (χ1n) is 10.2. The minimum absolute atomic E-state index is 0.173. The molecule has 31 heavy (non-hydrogen) atoms. The fourth-order valence-electron chi connectivity index (χ4n) is 3.43. The number of carbonyl (C=O) groups is 2. The zero-order valence-electron chi connectivity index (χ0n) is 18.1. The van der Waals surface area contributed by atoms with Gasteiger partial charge < -0.3 is 24.0 Å². The van der Waals surface area contributed by atoms with E-state index in [-0.39, 0.29) is 12.3 Å². The molecule has 1 amide bonds. The van der Waals surface area contributed by atoms with Crippen LogP contribution in [0.2, 0.25) is 0 Å². The molecule has 9 heteroatoms. The SMILES string of the molecule is COc1ccc(CCC(=O)OC(C)C(=O)N2CCN(c3ncccn3)CC2)cc1OC. The van der Waals surface area contributed by atoms with Gasteiger partial charge in [-0.2, -0.15) is 0 Å². The van der Waals surface area contributed by atoms with Gasteiger partial charge in [0.05, 0.1) is 14.2 Å². The van der Waals surface area contributed by atoms with Crippen LogP contribution in [0.1, 0.15) is 18.9 Å². The molecule has 1 aliphatic heterocycles. The molecule has 0 spiro atoms. The average molecular weight is 428 g/mol. The number of piperazine rings is 1. The Balaban J connectivity index is 1.45. The van der Waals surface area contributed by atoms with Crippen molar-refractivity contribution < 1.29 is 23.8 Å². The van der Waals surface area contributed by atoms with Crippen molar-refractivity contribution in [3.63, 3.8) is 0 Å². The highest BCUT2D eigenvalue weighted by molar-refractivity contribution is 5.83. The van der Waals surface area contributed by atoms with Crippen molar-refractivity contribution in [1.82, 2.24) is 14.9 Å². The van der Waals surface area contributed by atoms with Crippen LogP contribution in [0.25, 0.3) is 0 Å². The maximum Gasteiger partial charge on any atom is 0.306 e. The summed E-state index contributed by atoms with van der Waals surface area (Å²) in [6.45, 7) is 3.95. The van der Waals surface area contributed by atoms with Gasteiger partial charge in [-0.25, -0.2) is 9.97 Å². The van der Waals surface area contributed by atoms with Gasteiger partial charge in [-0.3, -0.25) is 9.59 Å². The van der Waals surface area contributed by atoms with E-state index in [1.54, 1.807) is 50.6 Å². The van der Waals surface area contributed by atoms with Gasteiger partial charge in [0, 0.05) is 45.0 Å². The van der Waals surface area contributed by atoms with Crippen LogP contribution in [0.5, 0.6) is 11.5 Å². The zero-order chi connectivity index (χ0) is 22.2. The third-order valence-electron chi connectivity index (χ3n) is 5.15. The predicted octanol–water partition coefficient (Wildman–Crippen LogP) is 1.71. The van der Waals surface area contributed by atoms with Gasteiger partial charge in [0.25, 0.3) is 5.91 Å². The Morgan fingerprint density at radius 1 is 1.03 bits per heavy atom. The van der Waals surface area contributed by atoms with Crippen molar-refractivity contribution in [2.24, 2.45) is 0 Å². The Bertz CT molecular complexity index is 885. The minimum Gasteiger partial charge on any atom is -0.493 e. The van der Waals surface area contributed by atoms with Crippen LogP contribution in [-0.2, 0) is 20.7 Å². The summed E-state index contributed by atoms with van der Waals surface area (Å²) in [6.07, 6.45) is 3.23. The number of ether oxygens (including phenoxy) is 3. The summed E-state index contributed by atoms with van der Waals surface area (Å²) in [5, 5.41) is 0. The topological polar surface area (TPSA) is 94.1 Å². The van der Waals surface area contributed by atoms with E-state index in [1.807, 2.05) is 17.0 Å². The number of anilines is 1. The van der Waals surface area contributed by atoms with Gasteiger partial charge in [0.15, 0.2) is 17.6 Å². The van der Waals surface area contributed by atoms with Crippen molar-refractivity contribution in [3.05, 3.63) is 42.2 Å². The van der Waals surface area contributed by atoms with Crippen LogP contribution < -0.4 is 14.4 Å². The molecule has 0 saturated carbocycles. The number of methoxy groups -OCH3 is 2. The molecule has 0 N–H and O–H groups in total. The number of aryl methyl sites for hydroxylation is 1. The van der Waals surface area contributed by atoms with E-state index in [4.69, 9.17) is 14.2 Å². The van der Waals surface area contributed by atoms with Crippen molar-refractivity contribution in [1.29, 1.82) is 0 Å². The smallest absolute Gasteiger partial charge is 0.306 e. The molecule has 9 nitrogen and oxygen atoms in total. The summed E-state index contributed by atoms with van der Waals surface area (Å²) in [5.74, 6) is 1.30. The number of hydrogen-bond donors (Lipinski definition) is 0. The molecular formula is C22H28N4O5. The van der Waals surface area contributed by atoms with Gasteiger partial charge in [-0.05, 0) is 37.1 Å². The second-order valence-corrected chi connectivity index (χ2v) is 7.18. The highest BCUT2D eigenvalue weighted by atomic mass is 16.5. The largest absolute Gasteiger partial charge is 0.493 e. The number of rotatable bonds is 8. The monoisotopic (exact) mass is 428 g/mol. The lowest BCUT2D eigenvalue weighted by molar-refractivity contribution is -0.159. The van der Waals surface area contributed by atoms with Crippen LogP contribution in [0, 0.1) is 0 Å². The fourth-order valence-corrected chi connectivity index (χ4v) is 3.43. The molecule has 3 rings (SSSR count). The van der Waals surface area contributed by atoms with Crippen LogP contribution in [0.3, 0.4) is 0 Å². The molecule has 1 atom stereocenters. The molecule has 0 aliphatic carbocycles. The van der Waals surface area contributed by atoms with E-state index in [2.05, 4.69) is 9.97 Å². The molecule has 1 saturated heterocycles. The second kappa shape index (κ2) is 10.6. The van der Waals surface area contributed by atoms with Gasteiger partial charge in [-0.1, -0.05) is 6.07 Å². The normalized spacial score (nSPS) is 14.7. The molecule has 1 aliphatic rings. The Morgan fingerprint density at radius 3 is 2.35 bits per heavy atom. The first-order valence-corrected chi connectivity index (χ1v) is 10.2. The molecule has 0 bridgehead atoms. The van der Waals surface area contributed by atoms with Gasteiger partial charge >= 0.3 is 5.97 Å².